The highest BCUT2D eigenvalue weighted by molar-refractivity contribution is 5.74. The van der Waals surface area contributed by atoms with Gasteiger partial charge in [0.2, 0.25) is 5.82 Å². The van der Waals surface area contributed by atoms with Crippen LogP contribution in [-0.4, -0.2) is 39.7 Å². The number of likely N-dealkylation sites (N-methyl/N-ethyl adjacent to an activating group) is 1. The van der Waals surface area contributed by atoms with Crippen LogP contribution in [-0.2, 0) is 11.0 Å². The van der Waals surface area contributed by atoms with Crippen LogP contribution in [0.25, 0.3) is 34.0 Å². The van der Waals surface area contributed by atoms with E-state index in [1.165, 1.54) is 12.1 Å². The molecule has 0 fully saturated rings. The molecule has 0 spiro atoms. The molecular weight excluding hydrogens is 471 g/mol. The van der Waals surface area contributed by atoms with Gasteiger partial charge < -0.3 is 9.63 Å². The molecule has 3 aromatic carbocycles. The van der Waals surface area contributed by atoms with Crippen LogP contribution in [0.3, 0.4) is 0 Å². The van der Waals surface area contributed by atoms with Crippen molar-refractivity contribution in [2.24, 2.45) is 0 Å². The molecule has 36 heavy (non-hydrogen) atoms. The lowest BCUT2D eigenvalue weighted by atomic mass is 9.94. The van der Waals surface area contributed by atoms with Crippen LogP contribution in [0, 0.1) is 6.92 Å². The molecule has 1 heterocycles. The summed E-state index contributed by atoms with van der Waals surface area (Å²) >= 11 is 0. The number of benzene rings is 3. The molecule has 0 saturated carbocycles. The number of hydrogen-bond donors (Lipinski definition) is 1. The summed E-state index contributed by atoms with van der Waals surface area (Å²) in [6.07, 6.45) is -4.57. The van der Waals surface area contributed by atoms with Gasteiger partial charge >= 0.3 is 12.1 Å². The zero-order chi connectivity index (χ0) is 26.0. The first-order valence-corrected chi connectivity index (χ1v) is 11.2. The number of halogens is 3. The Hall–Kier alpha value is -3.98. The van der Waals surface area contributed by atoms with Crippen molar-refractivity contribution in [1.29, 1.82) is 0 Å². The van der Waals surface area contributed by atoms with Gasteiger partial charge in [-0.3, -0.25) is 9.69 Å². The molecule has 4 aromatic rings. The van der Waals surface area contributed by atoms with Crippen LogP contribution in [0.2, 0.25) is 0 Å². The molecule has 0 radical (unpaired) electrons. The van der Waals surface area contributed by atoms with Crippen molar-refractivity contribution in [3.63, 3.8) is 0 Å². The van der Waals surface area contributed by atoms with Gasteiger partial charge in [0, 0.05) is 17.2 Å². The summed E-state index contributed by atoms with van der Waals surface area (Å²) in [7, 11) is 1.72. The summed E-state index contributed by atoms with van der Waals surface area (Å²) < 4.78 is 47.2. The van der Waals surface area contributed by atoms with Crippen molar-refractivity contribution in [2.45, 2.75) is 26.1 Å². The number of aliphatic carboxylic acids is 1. The van der Waals surface area contributed by atoms with Gasteiger partial charge in [0.05, 0.1) is 12.1 Å². The van der Waals surface area contributed by atoms with Gasteiger partial charge in [-0.15, -0.1) is 0 Å². The van der Waals surface area contributed by atoms with Gasteiger partial charge in [-0.2, -0.15) is 18.2 Å². The topological polar surface area (TPSA) is 79.5 Å². The molecule has 0 aliphatic carbocycles. The van der Waals surface area contributed by atoms with Gasteiger partial charge in [-0.05, 0) is 55.3 Å². The second-order valence-corrected chi connectivity index (χ2v) is 8.60. The van der Waals surface area contributed by atoms with E-state index in [-0.39, 0.29) is 35.4 Å². The molecule has 6 nitrogen and oxygen atoms in total. The SMILES string of the molecule is Cc1ccccc1-c1ccc(-c2nc(-c3ccc([C@@H](C)N(C)CC(=O)O)cc3)no2)cc1C(F)(F)F. The Morgan fingerprint density at radius 1 is 1.03 bits per heavy atom. The molecule has 0 saturated heterocycles. The maximum atomic E-state index is 14.0. The fourth-order valence-electron chi connectivity index (χ4n) is 4.00. The first kappa shape index (κ1) is 25.1. The Kier molecular flexibility index (Phi) is 6.94. The Labute approximate surface area is 206 Å². The summed E-state index contributed by atoms with van der Waals surface area (Å²) in [6, 6.07) is 17.9. The van der Waals surface area contributed by atoms with Crippen molar-refractivity contribution >= 4 is 5.97 Å². The molecule has 0 aliphatic heterocycles. The van der Waals surface area contributed by atoms with Gasteiger partial charge in [0.15, 0.2) is 0 Å². The zero-order valence-electron chi connectivity index (χ0n) is 19.9. The van der Waals surface area contributed by atoms with Crippen molar-refractivity contribution in [2.75, 3.05) is 13.6 Å². The lowest BCUT2D eigenvalue weighted by molar-refractivity contribution is -0.138. The van der Waals surface area contributed by atoms with Crippen LogP contribution >= 0.6 is 0 Å². The van der Waals surface area contributed by atoms with Gasteiger partial charge in [-0.25, -0.2) is 0 Å². The number of nitrogens with zero attached hydrogens (tertiary/aromatic N) is 3. The van der Waals surface area contributed by atoms with Crippen LogP contribution in [0.5, 0.6) is 0 Å². The van der Waals surface area contributed by atoms with Crippen LogP contribution < -0.4 is 0 Å². The first-order chi connectivity index (χ1) is 17.0. The number of carbonyl (C=O) groups is 1. The van der Waals surface area contributed by atoms with E-state index in [2.05, 4.69) is 10.1 Å². The summed E-state index contributed by atoms with van der Waals surface area (Å²) in [5.74, 6) is -0.703. The average molecular weight is 496 g/mol. The third kappa shape index (κ3) is 5.31. The van der Waals surface area contributed by atoms with Crippen molar-refractivity contribution in [3.05, 3.63) is 83.4 Å². The third-order valence-electron chi connectivity index (χ3n) is 6.13. The predicted octanol–water partition coefficient (Wildman–Crippen LogP) is 6.48. The van der Waals surface area contributed by atoms with Crippen molar-refractivity contribution < 1.29 is 27.6 Å². The van der Waals surface area contributed by atoms with E-state index >= 15 is 0 Å². The Morgan fingerprint density at radius 3 is 2.33 bits per heavy atom. The molecule has 1 aromatic heterocycles. The molecule has 1 atom stereocenters. The van der Waals surface area contributed by atoms with Crippen LogP contribution in [0.1, 0.15) is 29.7 Å². The van der Waals surface area contributed by atoms with E-state index in [9.17, 15) is 18.0 Å². The van der Waals surface area contributed by atoms with Gasteiger partial charge in [-0.1, -0.05) is 59.8 Å². The smallest absolute Gasteiger partial charge is 0.417 e. The zero-order valence-corrected chi connectivity index (χ0v) is 19.9. The molecule has 0 amide bonds. The predicted molar refractivity (Wildman–Crippen MR) is 129 cm³/mol. The van der Waals surface area contributed by atoms with E-state index in [0.29, 0.717) is 11.1 Å². The molecule has 186 valence electrons. The summed E-state index contributed by atoms with van der Waals surface area (Å²) in [6.45, 7) is 3.56. The number of aromatic nitrogens is 2. The van der Waals surface area contributed by atoms with E-state index in [4.69, 9.17) is 9.63 Å². The standard InChI is InChI=1S/C27H24F3N3O3/c1-16-6-4-5-7-21(16)22-13-12-20(14-23(22)27(28,29)30)26-31-25(32-36-26)19-10-8-18(9-11-19)17(2)33(3)15-24(34)35/h4-14,17H,15H2,1-3H3,(H,34,35)/t17-/m1/s1. The molecule has 4 rings (SSSR count). The van der Waals surface area contributed by atoms with Crippen LogP contribution in [0.15, 0.2) is 71.3 Å². The number of rotatable bonds is 7. The first-order valence-electron chi connectivity index (χ1n) is 11.2. The second-order valence-electron chi connectivity index (χ2n) is 8.60. The van der Waals surface area contributed by atoms with E-state index < -0.39 is 17.7 Å². The van der Waals surface area contributed by atoms with Crippen molar-refractivity contribution in [1.82, 2.24) is 15.0 Å². The molecule has 0 aliphatic rings. The fraction of sp³-hybridized carbons (Fsp3) is 0.222. The highest BCUT2D eigenvalue weighted by Crippen LogP contribution is 2.40. The lowest BCUT2D eigenvalue weighted by Gasteiger charge is -2.23. The molecule has 1 N–H and O–H groups in total. The Bertz CT molecular complexity index is 1380. The highest BCUT2D eigenvalue weighted by atomic mass is 19.4. The number of hydrogen-bond acceptors (Lipinski definition) is 5. The number of carboxylic acid groups (broad SMARTS) is 1. The monoisotopic (exact) mass is 495 g/mol. The average Bonchev–Trinajstić information content (AvgIpc) is 3.33. The Morgan fingerprint density at radius 2 is 1.69 bits per heavy atom. The largest absolute Gasteiger partial charge is 0.480 e. The van der Waals surface area contributed by atoms with Gasteiger partial charge in [0.1, 0.15) is 0 Å². The molecule has 9 heteroatoms. The minimum atomic E-state index is -4.57. The molecule has 0 bridgehead atoms. The summed E-state index contributed by atoms with van der Waals surface area (Å²) in [5.41, 5.74) is 2.23. The lowest BCUT2D eigenvalue weighted by Crippen LogP contribution is -2.28. The summed E-state index contributed by atoms with van der Waals surface area (Å²) in [5, 5.41) is 12.9. The Balaban J connectivity index is 1.62. The van der Waals surface area contributed by atoms with Crippen molar-refractivity contribution in [3.8, 4) is 34.0 Å². The van der Waals surface area contributed by atoms with Crippen LogP contribution in [0.4, 0.5) is 13.2 Å². The number of alkyl halides is 3. The van der Waals surface area contributed by atoms with E-state index in [0.717, 1.165) is 17.2 Å². The minimum absolute atomic E-state index is 0.0227. The number of aryl methyl sites for hydroxylation is 1. The summed E-state index contributed by atoms with van der Waals surface area (Å²) in [4.78, 5) is 17.0. The minimum Gasteiger partial charge on any atom is -0.480 e. The maximum absolute atomic E-state index is 14.0. The van der Waals surface area contributed by atoms with E-state index in [1.54, 1.807) is 55.3 Å². The van der Waals surface area contributed by atoms with Gasteiger partial charge in [0.25, 0.3) is 5.89 Å². The second kappa shape index (κ2) is 9.94. The number of carboxylic acids is 1. The molecular formula is C27H24F3N3O3. The van der Waals surface area contributed by atoms with E-state index in [1.807, 2.05) is 19.1 Å². The fourth-order valence-corrected chi connectivity index (χ4v) is 4.00. The third-order valence-corrected chi connectivity index (χ3v) is 6.13. The molecule has 0 unspecified atom stereocenters. The maximum Gasteiger partial charge on any atom is 0.417 e. The highest BCUT2D eigenvalue weighted by Gasteiger charge is 2.34. The normalized spacial score (nSPS) is 12.6. The quantitative estimate of drug-likeness (QED) is 0.316.